The Morgan fingerprint density at radius 1 is 1.56 bits per heavy atom. The van der Waals surface area contributed by atoms with Crippen molar-refractivity contribution in [3.8, 4) is 0 Å². The van der Waals surface area contributed by atoms with Gasteiger partial charge in [-0.05, 0) is 37.7 Å². The van der Waals surface area contributed by atoms with Crippen molar-refractivity contribution in [3.63, 3.8) is 0 Å². The lowest BCUT2D eigenvalue weighted by Crippen LogP contribution is -2.21. The van der Waals surface area contributed by atoms with Crippen LogP contribution in [0.25, 0.3) is 0 Å². The van der Waals surface area contributed by atoms with E-state index in [0.717, 1.165) is 17.8 Å². The van der Waals surface area contributed by atoms with E-state index in [0.29, 0.717) is 5.22 Å². The molecule has 4 nitrogen and oxygen atoms in total. The number of furan rings is 1. The second-order valence-corrected chi connectivity index (χ2v) is 3.79. The van der Waals surface area contributed by atoms with Gasteiger partial charge in [0.05, 0.1) is 18.0 Å². The third-order valence-corrected chi connectivity index (χ3v) is 2.90. The highest BCUT2D eigenvalue weighted by molar-refractivity contribution is 6.29. The highest BCUT2D eigenvalue weighted by Crippen LogP contribution is 2.28. The molecule has 16 heavy (non-hydrogen) atoms. The van der Waals surface area contributed by atoms with Crippen LogP contribution in [-0.2, 0) is 6.54 Å². The summed E-state index contributed by atoms with van der Waals surface area (Å²) in [6, 6.07) is 3.86. The third-order valence-electron chi connectivity index (χ3n) is 2.59. The van der Waals surface area contributed by atoms with Crippen molar-refractivity contribution in [2.75, 3.05) is 7.05 Å². The van der Waals surface area contributed by atoms with Gasteiger partial charge in [0.25, 0.3) is 0 Å². The lowest BCUT2D eigenvalue weighted by Gasteiger charge is -2.16. The fourth-order valence-electron chi connectivity index (χ4n) is 1.83. The van der Waals surface area contributed by atoms with Crippen LogP contribution in [0.3, 0.4) is 0 Å². The predicted molar refractivity (Wildman–Crippen MR) is 62.5 cm³/mol. The van der Waals surface area contributed by atoms with Crippen LogP contribution < -0.4 is 5.32 Å². The van der Waals surface area contributed by atoms with Gasteiger partial charge in [0, 0.05) is 18.3 Å². The Morgan fingerprint density at radius 3 is 2.94 bits per heavy atom. The summed E-state index contributed by atoms with van der Waals surface area (Å²) in [5.41, 5.74) is 2.01. The average molecular weight is 240 g/mol. The van der Waals surface area contributed by atoms with Crippen molar-refractivity contribution in [1.29, 1.82) is 0 Å². The van der Waals surface area contributed by atoms with Crippen molar-refractivity contribution in [3.05, 3.63) is 41.1 Å². The van der Waals surface area contributed by atoms with E-state index in [1.54, 1.807) is 12.5 Å². The van der Waals surface area contributed by atoms with E-state index >= 15 is 0 Å². The van der Waals surface area contributed by atoms with Crippen molar-refractivity contribution in [2.45, 2.75) is 19.5 Å². The fourth-order valence-corrected chi connectivity index (χ4v) is 2.05. The van der Waals surface area contributed by atoms with Gasteiger partial charge in [-0.1, -0.05) is 0 Å². The zero-order chi connectivity index (χ0) is 11.5. The largest absolute Gasteiger partial charge is 0.453 e. The molecule has 2 aromatic rings. The van der Waals surface area contributed by atoms with Gasteiger partial charge in [-0.2, -0.15) is 5.10 Å². The molecule has 0 radical (unpaired) electrons. The zero-order valence-electron chi connectivity index (χ0n) is 9.27. The van der Waals surface area contributed by atoms with Gasteiger partial charge in [-0.25, -0.2) is 0 Å². The van der Waals surface area contributed by atoms with Crippen LogP contribution in [0, 0.1) is 0 Å². The molecule has 0 aliphatic heterocycles. The van der Waals surface area contributed by atoms with Crippen LogP contribution in [0.4, 0.5) is 0 Å². The number of hydrogen-bond donors (Lipinski definition) is 1. The van der Waals surface area contributed by atoms with Gasteiger partial charge in [0.1, 0.15) is 0 Å². The van der Waals surface area contributed by atoms with Crippen LogP contribution in [0.2, 0.25) is 5.22 Å². The maximum atomic E-state index is 5.99. The molecule has 0 spiro atoms. The van der Waals surface area contributed by atoms with E-state index in [1.165, 1.54) is 0 Å². The minimum Gasteiger partial charge on any atom is -0.453 e. The molecule has 1 unspecified atom stereocenters. The Hall–Kier alpha value is -1.26. The van der Waals surface area contributed by atoms with Crippen molar-refractivity contribution in [1.82, 2.24) is 15.1 Å². The van der Waals surface area contributed by atoms with Crippen LogP contribution in [0.1, 0.15) is 24.2 Å². The molecule has 0 aromatic carbocycles. The first-order valence-corrected chi connectivity index (χ1v) is 5.57. The molecule has 0 aliphatic rings. The van der Waals surface area contributed by atoms with Gasteiger partial charge in [0.15, 0.2) is 5.22 Å². The molecular formula is C11H14ClN3O. The molecule has 1 atom stereocenters. The quantitative estimate of drug-likeness (QED) is 0.891. The monoisotopic (exact) mass is 239 g/mol. The Labute approximate surface area is 99.2 Å². The molecule has 1 N–H and O–H groups in total. The van der Waals surface area contributed by atoms with Crippen molar-refractivity contribution in [2.24, 2.45) is 0 Å². The summed E-state index contributed by atoms with van der Waals surface area (Å²) in [5.74, 6) is 0. The summed E-state index contributed by atoms with van der Waals surface area (Å²) < 4.78 is 7.05. The Bertz CT molecular complexity index is 463. The highest BCUT2D eigenvalue weighted by atomic mass is 35.5. The summed E-state index contributed by atoms with van der Waals surface area (Å²) in [6.07, 6.45) is 3.38. The third kappa shape index (κ3) is 1.86. The maximum absolute atomic E-state index is 5.99. The molecule has 0 bridgehead atoms. The van der Waals surface area contributed by atoms with Crippen molar-refractivity contribution >= 4 is 11.6 Å². The lowest BCUT2D eigenvalue weighted by atomic mass is 10.1. The van der Waals surface area contributed by atoms with Crippen LogP contribution in [0.5, 0.6) is 0 Å². The summed E-state index contributed by atoms with van der Waals surface area (Å²) >= 11 is 5.99. The van der Waals surface area contributed by atoms with E-state index in [-0.39, 0.29) is 6.04 Å². The van der Waals surface area contributed by atoms with E-state index in [9.17, 15) is 0 Å². The van der Waals surface area contributed by atoms with Crippen LogP contribution in [-0.4, -0.2) is 16.8 Å². The minimum absolute atomic E-state index is 0.00806. The topological polar surface area (TPSA) is 43.0 Å². The molecule has 0 saturated heterocycles. The van der Waals surface area contributed by atoms with E-state index in [1.807, 2.05) is 23.9 Å². The standard InChI is InChI=1S/C11H14ClN3O/c1-3-15-9(4-6-14-15)10(13-2)8-5-7-16-11(8)12/h4-7,10,13H,3H2,1-2H3. The van der Waals surface area contributed by atoms with Gasteiger partial charge in [-0.15, -0.1) is 0 Å². The van der Waals surface area contributed by atoms with E-state index < -0.39 is 0 Å². The number of aryl methyl sites for hydroxylation is 1. The van der Waals surface area contributed by atoms with Crippen LogP contribution >= 0.6 is 11.6 Å². The Morgan fingerprint density at radius 2 is 2.38 bits per heavy atom. The summed E-state index contributed by atoms with van der Waals surface area (Å²) in [6.45, 7) is 2.89. The highest BCUT2D eigenvalue weighted by Gasteiger charge is 2.20. The number of halogens is 1. The summed E-state index contributed by atoms with van der Waals surface area (Å²) in [4.78, 5) is 0. The molecule has 2 aromatic heterocycles. The number of nitrogens with one attached hydrogen (secondary N) is 1. The first-order valence-electron chi connectivity index (χ1n) is 5.19. The molecule has 5 heteroatoms. The lowest BCUT2D eigenvalue weighted by molar-refractivity contribution is 0.541. The molecule has 2 heterocycles. The van der Waals surface area contributed by atoms with Gasteiger partial charge in [-0.3, -0.25) is 4.68 Å². The van der Waals surface area contributed by atoms with Gasteiger partial charge >= 0.3 is 0 Å². The van der Waals surface area contributed by atoms with E-state index in [4.69, 9.17) is 16.0 Å². The molecule has 0 amide bonds. The zero-order valence-corrected chi connectivity index (χ0v) is 10.0. The van der Waals surface area contributed by atoms with E-state index in [2.05, 4.69) is 17.3 Å². The first-order chi connectivity index (χ1) is 7.77. The fraction of sp³-hybridized carbons (Fsp3) is 0.364. The molecule has 0 aliphatic carbocycles. The number of hydrogen-bond acceptors (Lipinski definition) is 3. The number of nitrogens with zero attached hydrogens (tertiary/aromatic N) is 2. The predicted octanol–water partition coefficient (Wildman–Crippen LogP) is 2.46. The van der Waals surface area contributed by atoms with Gasteiger partial charge < -0.3 is 9.73 Å². The molecule has 0 saturated carbocycles. The average Bonchev–Trinajstić information content (AvgIpc) is 2.90. The minimum atomic E-state index is 0.00806. The number of aromatic nitrogens is 2. The smallest absolute Gasteiger partial charge is 0.198 e. The maximum Gasteiger partial charge on any atom is 0.198 e. The SMILES string of the molecule is CCn1nccc1C(NC)c1ccoc1Cl. The molecule has 86 valence electrons. The summed E-state index contributed by atoms with van der Waals surface area (Å²) in [7, 11) is 1.89. The van der Waals surface area contributed by atoms with Gasteiger partial charge in [0.2, 0.25) is 0 Å². The molecular weight excluding hydrogens is 226 g/mol. The second-order valence-electron chi connectivity index (χ2n) is 3.44. The Balaban J connectivity index is 2.40. The van der Waals surface area contributed by atoms with Crippen molar-refractivity contribution < 1.29 is 4.42 Å². The molecule has 2 rings (SSSR count). The number of rotatable bonds is 4. The second kappa shape index (κ2) is 4.72. The molecule has 0 fully saturated rings. The normalized spacial score (nSPS) is 12.9. The van der Waals surface area contributed by atoms with Crippen LogP contribution in [0.15, 0.2) is 29.0 Å². The summed E-state index contributed by atoms with van der Waals surface area (Å²) in [5, 5.41) is 7.88. The first kappa shape index (κ1) is 11.2. The Kier molecular flexibility index (Phi) is 3.31.